The number of esters is 2. The lowest BCUT2D eigenvalue weighted by atomic mass is 9.79. The monoisotopic (exact) mass is 692 g/mol. The van der Waals surface area contributed by atoms with Crippen molar-refractivity contribution in [2.75, 3.05) is 28.4 Å². The molecule has 4 aromatic rings. The zero-order valence-corrected chi connectivity index (χ0v) is 28.8. The van der Waals surface area contributed by atoms with Crippen LogP contribution in [0.1, 0.15) is 48.7 Å². The minimum Gasteiger partial charge on any atom is -0.497 e. The van der Waals surface area contributed by atoms with Crippen LogP contribution in [0, 0.1) is 0 Å². The molecule has 0 atom stereocenters. The van der Waals surface area contributed by atoms with Gasteiger partial charge in [0.05, 0.1) is 39.6 Å². The third-order valence-corrected chi connectivity index (χ3v) is 7.84. The highest BCUT2D eigenvalue weighted by molar-refractivity contribution is 9.10. The Morgan fingerprint density at radius 1 is 0.696 bits per heavy atom. The molecule has 2 aromatic heterocycles. The van der Waals surface area contributed by atoms with Crippen LogP contribution < -0.4 is 14.9 Å². The van der Waals surface area contributed by atoms with Gasteiger partial charge in [-0.05, 0) is 45.4 Å². The van der Waals surface area contributed by atoms with Crippen molar-refractivity contribution in [2.24, 2.45) is 0 Å². The molecule has 0 spiro atoms. The molecule has 0 saturated carbocycles. The Hall–Kier alpha value is -4.26. The molecule has 12 heteroatoms. The normalized spacial score (nSPS) is 14.1. The number of rotatable bonds is 6. The average molecular weight is 693 g/mol. The van der Waals surface area contributed by atoms with Gasteiger partial charge in [-0.3, -0.25) is 0 Å². The van der Waals surface area contributed by atoms with E-state index in [1.807, 2.05) is 88.4 Å². The molecule has 0 bridgehead atoms. The fourth-order valence-electron chi connectivity index (χ4n) is 4.06. The lowest BCUT2D eigenvalue weighted by Crippen LogP contribution is -2.41. The summed E-state index contributed by atoms with van der Waals surface area (Å²) in [4.78, 5) is 31.1. The molecular weight excluding hydrogens is 655 g/mol. The minimum absolute atomic E-state index is 0.176. The van der Waals surface area contributed by atoms with Gasteiger partial charge in [0.15, 0.2) is 11.4 Å². The zero-order valence-electron chi connectivity index (χ0n) is 27.2. The molecule has 1 aliphatic rings. The molecule has 10 nitrogen and oxygen atoms in total. The summed E-state index contributed by atoms with van der Waals surface area (Å²) in [6.07, 6.45) is 3.13. The molecule has 46 heavy (non-hydrogen) atoms. The first-order valence-electron chi connectivity index (χ1n) is 14.2. The maximum atomic E-state index is 11.5. The van der Waals surface area contributed by atoms with Gasteiger partial charge in [0, 0.05) is 40.0 Å². The number of benzene rings is 2. The molecule has 242 valence electrons. The highest BCUT2D eigenvalue weighted by atomic mass is 79.9. The van der Waals surface area contributed by atoms with Gasteiger partial charge in [-0.1, -0.05) is 64.5 Å². The van der Waals surface area contributed by atoms with Crippen molar-refractivity contribution in [3.8, 4) is 22.6 Å². The van der Waals surface area contributed by atoms with Gasteiger partial charge < -0.3 is 28.3 Å². The van der Waals surface area contributed by atoms with Crippen molar-refractivity contribution < 1.29 is 37.8 Å². The van der Waals surface area contributed by atoms with Crippen LogP contribution >= 0.6 is 15.9 Å². The highest BCUT2D eigenvalue weighted by Crippen LogP contribution is 2.37. The fourth-order valence-corrected chi connectivity index (χ4v) is 4.36. The molecule has 1 saturated heterocycles. The Balaban J connectivity index is 0.000000209. The van der Waals surface area contributed by atoms with Crippen LogP contribution in [0.15, 0.2) is 89.7 Å². The van der Waals surface area contributed by atoms with E-state index in [1.54, 1.807) is 19.4 Å². The second-order valence-corrected chi connectivity index (χ2v) is 11.7. The third kappa shape index (κ3) is 9.15. The Kier molecular flexibility index (Phi) is 12.9. The number of nitrogens with zero attached hydrogens (tertiary/aromatic N) is 2. The quantitative estimate of drug-likeness (QED) is 0.172. The van der Waals surface area contributed by atoms with Gasteiger partial charge in [-0.2, -0.15) is 0 Å². The number of carbonyl (C=O) groups is 2. The number of methoxy groups -OCH3 is 4. The minimum atomic E-state index is -0.593. The Morgan fingerprint density at radius 2 is 1.15 bits per heavy atom. The van der Waals surface area contributed by atoms with E-state index >= 15 is 0 Å². The summed E-state index contributed by atoms with van der Waals surface area (Å²) in [5.41, 5.74) is 1.96. The molecule has 1 fully saturated rings. The molecule has 0 unspecified atom stereocenters. The predicted molar refractivity (Wildman–Crippen MR) is 180 cm³/mol. The molecule has 2 aromatic carbocycles. The van der Waals surface area contributed by atoms with E-state index < -0.39 is 30.3 Å². The second kappa shape index (κ2) is 16.3. The molecule has 0 aliphatic carbocycles. The topological polar surface area (TPSA) is 115 Å². The van der Waals surface area contributed by atoms with E-state index in [0.717, 1.165) is 15.6 Å². The van der Waals surface area contributed by atoms with Crippen molar-refractivity contribution in [3.05, 3.63) is 101 Å². The fraction of sp³-hybridized carbons (Fsp3) is 0.294. The summed E-state index contributed by atoms with van der Waals surface area (Å²) in [5.74, 6) is 0.0715. The standard InChI is InChI=1S/C14H20BNO5.C14H13NO3.C6H5Br/c1-13(2)14(3,4)21-15(20-13)9-8-16-10(12(17)19-6)7-11(9)18-5;1-17-13-8-12(14(16)18-2)15-9-11(13)10-6-4-3-5-7-10;7-6-4-2-1-3-5-6/h7-8H,1-6H3;3-9H,1-2H3;1-5H. The van der Waals surface area contributed by atoms with Crippen molar-refractivity contribution in [2.45, 2.75) is 38.9 Å². The van der Waals surface area contributed by atoms with Crippen LogP contribution in [0.4, 0.5) is 0 Å². The Bertz CT molecular complexity index is 1590. The van der Waals surface area contributed by atoms with Gasteiger partial charge in [-0.15, -0.1) is 0 Å². The Morgan fingerprint density at radius 3 is 1.59 bits per heavy atom. The van der Waals surface area contributed by atoms with Crippen molar-refractivity contribution in [3.63, 3.8) is 0 Å². The molecule has 3 heterocycles. The highest BCUT2D eigenvalue weighted by Gasteiger charge is 2.52. The summed E-state index contributed by atoms with van der Waals surface area (Å²) in [6.45, 7) is 7.87. The second-order valence-electron chi connectivity index (χ2n) is 10.8. The van der Waals surface area contributed by atoms with Crippen molar-refractivity contribution >= 4 is 40.4 Å². The molecule has 5 rings (SSSR count). The number of carbonyl (C=O) groups excluding carboxylic acids is 2. The van der Waals surface area contributed by atoms with Gasteiger partial charge in [0.25, 0.3) is 0 Å². The first-order chi connectivity index (χ1) is 21.9. The third-order valence-electron chi connectivity index (χ3n) is 7.32. The number of ether oxygens (including phenoxy) is 4. The van der Waals surface area contributed by atoms with E-state index in [-0.39, 0.29) is 11.4 Å². The number of pyridine rings is 2. The number of aromatic nitrogens is 2. The predicted octanol–water partition coefficient (Wildman–Crippen LogP) is 6.17. The maximum absolute atomic E-state index is 11.5. The van der Waals surface area contributed by atoms with Crippen LogP contribution in [0.25, 0.3) is 11.1 Å². The number of halogens is 1. The summed E-state index contributed by atoms with van der Waals surface area (Å²) >= 11 is 3.31. The van der Waals surface area contributed by atoms with Crippen LogP contribution in [0.5, 0.6) is 11.5 Å². The van der Waals surface area contributed by atoms with E-state index in [2.05, 4.69) is 35.4 Å². The average Bonchev–Trinajstić information content (AvgIpc) is 3.30. The smallest absolute Gasteiger partial charge is 0.497 e. The van der Waals surface area contributed by atoms with Crippen molar-refractivity contribution in [1.29, 1.82) is 0 Å². The zero-order chi connectivity index (χ0) is 33.9. The van der Waals surface area contributed by atoms with Crippen LogP contribution in [-0.4, -0.2) is 68.7 Å². The lowest BCUT2D eigenvalue weighted by Gasteiger charge is -2.32. The molecule has 1 aliphatic heterocycles. The van der Waals surface area contributed by atoms with E-state index in [1.165, 1.54) is 33.6 Å². The summed E-state index contributed by atoms with van der Waals surface area (Å²) in [5, 5.41) is 0. The lowest BCUT2D eigenvalue weighted by molar-refractivity contribution is 0.00578. The van der Waals surface area contributed by atoms with Gasteiger partial charge in [-0.25, -0.2) is 19.6 Å². The maximum Gasteiger partial charge on any atom is 0.500 e. The molecule has 0 amide bonds. The molecular formula is C34H38BBrN2O8. The van der Waals surface area contributed by atoms with Crippen molar-refractivity contribution in [1.82, 2.24) is 9.97 Å². The van der Waals surface area contributed by atoms with E-state index in [0.29, 0.717) is 17.0 Å². The first kappa shape index (κ1) is 36.2. The summed E-state index contributed by atoms with van der Waals surface area (Å²) in [7, 11) is 5.11. The van der Waals surface area contributed by atoms with E-state index in [4.69, 9.17) is 18.8 Å². The van der Waals surface area contributed by atoms with Gasteiger partial charge in [0.2, 0.25) is 0 Å². The number of hydrogen-bond acceptors (Lipinski definition) is 10. The molecule has 0 N–H and O–H groups in total. The Labute approximate surface area is 278 Å². The van der Waals surface area contributed by atoms with Crippen LogP contribution in [0.3, 0.4) is 0 Å². The summed E-state index contributed by atoms with van der Waals surface area (Å²) in [6, 6.07) is 22.8. The first-order valence-corrected chi connectivity index (χ1v) is 15.0. The van der Waals surface area contributed by atoms with Gasteiger partial charge in [0.1, 0.15) is 11.5 Å². The molecule has 0 radical (unpaired) electrons. The number of hydrogen-bond donors (Lipinski definition) is 0. The van der Waals surface area contributed by atoms with E-state index in [9.17, 15) is 9.59 Å². The van der Waals surface area contributed by atoms with Crippen LogP contribution in [0.2, 0.25) is 0 Å². The SMILES string of the molecule is Brc1ccccc1.COC(=O)c1cc(OC)c(-c2ccccc2)cn1.COC(=O)c1cc(OC)c(B2OC(C)(C)C(C)(C)O2)cn1. The summed E-state index contributed by atoms with van der Waals surface area (Å²) < 4.78 is 32.9. The van der Waals surface area contributed by atoms with Gasteiger partial charge >= 0.3 is 19.1 Å². The largest absolute Gasteiger partial charge is 0.500 e. The van der Waals surface area contributed by atoms with Crippen LogP contribution in [-0.2, 0) is 18.8 Å².